The number of benzene rings is 1. The third-order valence-electron chi connectivity index (χ3n) is 3.17. The molecule has 3 N–H and O–H groups in total. The number of carbonyl (C=O) groups is 1. The zero-order valence-electron chi connectivity index (χ0n) is 10.3. The van der Waals surface area contributed by atoms with Crippen LogP contribution in [0.2, 0.25) is 0 Å². The maximum absolute atomic E-state index is 12.2. The van der Waals surface area contributed by atoms with Crippen LogP contribution in [-0.2, 0) is 0 Å². The average Bonchev–Trinajstić information content (AvgIpc) is 3.19. The Morgan fingerprint density at radius 3 is 2.89 bits per heavy atom. The first-order chi connectivity index (χ1) is 8.65. The van der Waals surface area contributed by atoms with Crippen LogP contribution in [0.4, 0.5) is 0 Å². The Kier molecular flexibility index (Phi) is 4.24. The molecule has 1 atom stereocenters. The fourth-order valence-electron chi connectivity index (χ4n) is 1.97. The van der Waals surface area contributed by atoms with Crippen LogP contribution in [0.25, 0.3) is 0 Å². The largest absolute Gasteiger partial charge is 0.496 e. The van der Waals surface area contributed by atoms with Gasteiger partial charge in [-0.1, -0.05) is 15.9 Å². The van der Waals surface area contributed by atoms with Crippen LogP contribution in [0, 0.1) is 5.92 Å². The molecule has 2 rings (SSSR count). The van der Waals surface area contributed by atoms with Gasteiger partial charge in [0.05, 0.1) is 12.7 Å². The number of amides is 1. The van der Waals surface area contributed by atoms with Gasteiger partial charge in [0.15, 0.2) is 0 Å². The summed E-state index contributed by atoms with van der Waals surface area (Å²) in [5.41, 5.74) is 6.22. The molecule has 0 bridgehead atoms. The molecule has 98 valence electrons. The Morgan fingerprint density at radius 1 is 1.61 bits per heavy atom. The van der Waals surface area contributed by atoms with E-state index < -0.39 is 0 Å². The summed E-state index contributed by atoms with van der Waals surface area (Å²) in [4.78, 5) is 12.2. The highest BCUT2D eigenvalue weighted by Crippen LogP contribution is 2.32. The molecule has 0 heterocycles. The third-order valence-corrected chi connectivity index (χ3v) is 3.66. The Balaban J connectivity index is 2.12. The fraction of sp³-hybridized carbons (Fsp3) is 0.462. The summed E-state index contributed by atoms with van der Waals surface area (Å²) in [5.74, 6) is 0.982. The molecule has 0 saturated heterocycles. The summed E-state index contributed by atoms with van der Waals surface area (Å²) in [6.07, 6.45) is 2.30. The minimum Gasteiger partial charge on any atom is -0.496 e. The molecule has 0 aliphatic heterocycles. The van der Waals surface area contributed by atoms with Gasteiger partial charge < -0.3 is 15.8 Å². The topological polar surface area (TPSA) is 64.3 Å². The number of nitrogens with one attached hydrogen (secondary N) is 1. The Morgan fingerprint density at radius 2 is 2.33 bits per heavy atom. The van der Waals surface area contributed by atoms with E-state index in [-0.39, 0.29) is 11.9 Å². The van der Waals surface area contributed by atoms with Crippen LogP contribution in [-0.4, -0.2) is 25.6 Å². The van der Waals surface area contributed by atoms with Crippen molar-refractivity contribution in [2.24, 2.45) is 11.7 Å². The van der Waals surface area contributed by atoms with Crippen molar-refractivity contribution in [1.29, 1.82) is 0 Å². The van der Waals surface area contributed by atoms with Crippen LogP contribution in [0.15, 0.2) is 22.7 Å². The molecule has 1 saturated carbocycles. The SMILES string of the molecule is COc1cc(Br)ccc1C(=O)NC(CN)C1CC1. The van der Waals surface area contributed by atoms with Crippen molar-refractivity contribution >= 4 is 21.8 Å². The van der Waals surface area contributed by atoms with Gasteiger partial charge in [-0.2, -0.15) is 0 Å². The Labute approximate surface area is 115 Å². The molecule has 1 unspecified atom stereocenters. The lowest BCUT2D eigenvalue weighted by Gasteiger charge is -2.17. The molecule has 0 aromatic heterocycles. The van der Waals surface area contributed by atoms with Crippen molar-refractivity contribution in [3.8, 4) is 5.75 Å². The van der Waals surface area contributed by atoms with E-state index in [2.05, 4.69) is 21.2 Å². The number of methoxy groups -OCH3 is 1. The van der Waals surface area contributed by atoms with E-state index in [1.165, 1.54) is 0 Å². The maximum atomic E-state index is 12.2. The zero-order valence-corrected chi connectivity index (χ0v) is 11.9. The van der Waals surface area contributed by atoms with E-state index in [1.54, 1.807) is 19.2 Å². The molecule has 1 aliphatic carbocycles. The van der Waals surface area contributed by atoms with Crippen LogP contribution in [0.1, 0.15) is 23.2 Å². The van der Waals surface area contributed by atoms with Crippen molar-refractivity contribution in [1.82, 2.24) is 5.32 Å². The highest BCUT2D eigenvalue weighted by atomic mass is 79.9. The lowest BCUT2D eigenvalue weighted by Crippen LogP contribution is -2.41. The zero-order chi connectivity index (χ0) is 13.1. The normalized spacial score (nSPS) is 16.2. The second kappa shape index (κ2) is 5.71. The molecule has 1 aliphatic rings. The van der Waals surface area contributed by atoms with E-state index in [0.717, 1.165) is 17.3 Å². The molecule has 0 radical (unpaired) electrons. The third kappa shape index (κ3) is 3.03. The molecule has 18 heavy (non-hydrogen) atoms. The van der Waals surface area contributed by atoms with Gasteiger partial charge in [-0.05, 0) is 37.0 Å². The summed E-state index contributed by atoms with van der Waals surface area (Å²) in [7, 11) is 1.56. The van der Waals surface area contributed by atoms with Gasteiger partial charge in [-0.3, -0.25) is 4.79 Å². The molecule has 1 aromatic carbocycles. The summed E-state index contributed by atoms with van der Waals surface area (Å²) in [6, 6.07) is 5.43. The number of ether oxygens (including phenoxy) is 1. The van der Waals surface area contributed by atoms with E-state index in [9.17, 15) is 4.79 Å². The van der Waals surface area contributed by atoms with E-state index >= 15 is 0 Å². The predicted octanol–water partition coefficient (Wildman–Crippen LogP) is 1.92. The number of rotatable bonds is 5. The number of carbonyl (C=O) groups excluding carboxylic acids is 1. The van der Waals surface area contributed by atoms with Gasteiger partial charge in [0.1, 0.15) is 5.75 Å². The summed E-state index contributed by atoms with van der Waals surface area (Å²) in [5, 5.41) is 2.98. The van der Waals surface area contributed by atoms with Gasteiger partial charge >= 0.3 is 0 Å². The minimum atomic E-state index is -0.123. The Bertz CT molecular complexity index is 447. The summed E-state index contributed by atoms with van der Waals surface area (Å²) >= 11 is 3.35. The molecular formula is C13H17BrN2O2. The first-order valence-electron chi connectivity index (χ1n) is 6.00. The lowest BCUT2D eigenvalue weighted by atomic mass is 10.1. The van der Waals surface area contributed by atoms with Crippen LogP contribution < -0.4 is 15.8 Å². The number of nitrogens with two attached hydrogens (primary N) is 1. The maximum Gasteiger partial charge on any atom is 0.255 e. The number of hydrogen-bond donors (Lipinski definition) is 2. The van der Waals surface area contributed by atoms with Crippen LogP contribution in [0.3, 0.4) is 0 Å². The van der Waals surface area contributed by atoms with Crippen molar-refractivity contribution in [3.05, 3.63) is 28.2 Å². The van der Waals surface area contributed by atoms with Gasteiger partial charge in [0.25, 0.3) is 5.91 Å². The van der Waals surface area contributed by atoms with Crippen LogP contribution >= 0.6 is 15.9 Å². The quantitative estimate of drug-likeness (QED) is 0.873. The summed E-state index contributed by atoms with van der Waals surface area (Å²) < 4.78 is 6.10. The second-order valence-electron chi connectivity index (χ2n) is 4.50. The fourth-order valence-corrected chi connectivity index (χ4v) is 2.31. The van der Waals surface area contributed by atoms with Gasteiger partial charge in [0, 0.05) is 17.1 Å². The average molecular weight is 313 g/mol. The van der Waals surface area contributed by atoms with Gasteiger partial charge in [-0.15, -0.1) is 0 Å². The number of halogens is 1. The summed E-state index contributed by atoms with van der Waals surface area (Å²) in [6.45, 7) is 0.481. The molecular weight excluding hydrogens is 296 g/mol. The van der Waals surface area contributed by atoms with Gasteiger partial charge in [-0.25, -0.2) is 0 Å². The highest BCUT2D eigenvalue weighted by Gasteiger charge is 2.31. The van der Waals surface area contributed by atoms with E-state index in [1.807, 2.05) is 6.07 Å². The molecule has 5 heteroatoms. The second-order valence-corrected chi connectivity index (χ2v) is 5.41. The van der Waals surface area contributed by atoms with Crippen molar-refractivity contribution in [2.45, 2.75) is 18.9 Å². The predicted molar refractivity (Wildman–Crippen MR) is 73.7 cm³/mol. The smallest absolute Gasteiger partial charge is 0.255 e. The van der Waals surface area contributed by atoms with Crippen molar-refractivity contribution in [2.75, 3.05) is 13.7 Å². The molecule has 1 amide bonds. The minimum absolute atomic E-state index is 0.0749. The molecule has 0 spiro atoms. The first-order valence-corrected chi connectivity index (χ1v) is 6.79. The Hall–Kier alpha value is -1.07. The van der Waals surface area contributed by atoms with E-state index in [4.69, 9.17) is 10.5 Å². The van der Waals surface area contributed by atoms with E-state index in [0.29, 0.717) is 23.8 Å². The molecule has 1 aromatic rings. The monoisotopic (exact) mass is 312 g/mol. The molecule has 4 nitrogen and oxygen atoms in total. The number of hydrogen-bond acceptors (Lipinski definition) is 3. The standard InChI is InChI=1S/C13H17BrN2O2/c1-18-12-6-9(14)4-5-10(12)13(17)16-11(7-15)8-2-3-8/h4-6,8,11H,2-3,7,15H2,1H3,(H,16,17). The van der Waals surface area contributed by atoms with Crippen molar-refractivity contribution in [3.63, 3.8) is 0 Å². The van der Waals surface area contributed by atoms with Crippen molar-refractivity contribution < 1.29 is 9.53 Å². The molecule has 1 fully saturated rings. The van der Waals surface area contributed by atoms with Crippen LogP contribution in [0.5, 0.6) is 5.75 Å². The first kappa shape index (κ1) is 13.4. The lowest BCUT2D eigenvalue weighted by molar-refractivity contribution is 0.0930. The highest BCUT2D eigenvalue weighted by molar-refractivity contribution is 9.10. The van der Waals surface area contributed by atoms with Gasteiger partial charge in [0.2, 0.25) is 0 Å².